The van der Waals surface area contributed by atoms with Gasteiger partial charge in [-0.3, -0.25) is 0 Å². The van der Waals surface area contributed by atoms with Gasteiger partial charge in [0.1, 0.15) is 6.33 Å². The molecule has 0 radical (unpaired) electrons. The van der Waals surface area contributed by atoms with Crippen molar-refractivity contribution in [3.8, 4) is 0 Å². The number of hydrogen-bond acceptors (Lipinski definition) is 5. The molecular weight excluding hydrogens is 252 g/mol. The van der Waals surface area contributed by atoms with Crippen LogP contribution in [0.4, 0.5) is 11.5 Å². The molecule has 0 saturated heterocycles. The number of fused-ring (bicyclic) bond motifs is 1. The van der Waals surface area contributed by atoms with Crippen LogP contribution in [0.25, 0.3) is 11.2 Å². The van der Waals surface area contributed by atoms with Crippen LogP contribution < -0.4 is 5.32 Å². The SMILES string of the molecule is CCn1nnc2c(Nc3cc(C)ccc3C)ncnc21. The summed E-state index contributed by atoms with van der Waals surface area (Å²) in [5.74, 6) is 0.684. The van der Waals surface area contributed by atoms with E-state index >= 15 is 0 Å². The van der Waals surface area contributed by atoms with Crippen LogP contribution in [0.1, 0.15) is 18.1 Å². The molecule has 0 atom stereocenters. The van der Waals surface area contributed by atoms with Gasteiger partial charge in [-0.05, 0) is 38.0 Å². The summed E-state index contributed by atoms with van der Waals surface area (Å²) in [6.07, 6.45) is 1.53. The van der Waals surface area contributed by atoms with Crippen LogP contribution in [-0.4, -0.2) is 25.0 Å². The Morgan fingerprint density at radius 2 is 2.05 bits per heavy atom. The first-order chi connectivity index (χ1) is 9.69. The lowest BCUT2D eigenvalue weighted by Crippen LogP contribution is -2.00. The Bertz CT molecular complexity index is 761. The van der Waals surface area contributed by atoms with Crippen LogP contribution in [0, 0.1) is 13.8 Å². The number of aryl methyl sites for hydroxylation is 3. The van der Waals surface area contributed by atoms with E-state index < -0.39 is 0 Å². The quantitative estimate of drug-likeness (QED) is 0.790. The van der Waals surface area contributed by atoms with Crippen LogP contribution in [0.5, 0.6) is 0 Å². The Labute approximate surface area is 116 Å². The number of hydrogen-bond donors (Lipinski definition) is 1. The highest BCUT2D eigenvalue weighted by atomic mass is 15.4. The molecule has 102 valence electrons. The maximum Gasteiger partial charge on any atom is 0.183 e. The molecule has 2 heterocycles. The lowest BCUT2D eigenvalue weighted by atomic mass is 10.1. The zero-order valence-corrected chi connectivity index (χ0v) is 11.8. The van der Waals surface area contributed by atoms with Gasteiger partial charge in [0.15, 0.2) is 17.0 Å². The molecule has 0 aliphatic carbocycles. The van der Waals surface area contributed by atoms with Gasteiger partial charge in [0.05, 0.1) is 0 Å². The van der Waals surface area contributed by atoms with Crippen LogP contribution in [-0.2, 0) is 6.54 Å². The van der Waals surface area contributed by atoms with Gasteiger partial charge in [0, 0.05) is 12.2 Å². The molecule has 0 unspecified atom stereocenters. The van der Waals surface area contributed by atoms with E-state index in [0.717, 1.165) is 23.4 Å². The standard InChI is InChI=1S/C14H16N6/c1-4-20-14-12(18-19-20)13(15-8-16-14)17-11-7-9(2)5-6-10(11)3/h5-8H,4H2,1-3H3,(H,15,16,17). The second-order valence-corrected chi connectivity index (χ2v) is 4.74. The topological polar surface area (TPSA) is 68.5 Å². The van der Waals surface area contributed by atoms with Crippen molar-refractivity contribution in [3.63, 3.8) is 0 Å². The lowest BCUT2D eigenvalue weighted by molar-refractivity contribution is 0.641. The van der Waals surface area contributed by atoms with E-state index in [1.165, 1.54) is 11.9 Å². The summed E-state index contributed by atoms with van der Waals surface area (Å²) in [5, 5.41) is 11.6. The summed E-state index contributed by atoms with van der Waals surface area (Å²) < 4.78 is 1.76. The van der Waals surface area contributed by atoms with Crippen molar-refractivity contribution in [1.29, 1.82) is 0 Å². The molecule has 2 aromatic heterocycles. The summed E-state index contributed by atoms with van der Waals surface area (Å²) in [5.41, 5.74) is 4.81. The number of nitrogens with zero attached hydrogens (tertiary/aromatic N) is 5. The van der Waals surface area contributed by atoms with E-state index in [0.29, 0.717) is 11.3 Å². The Morgan fingerprint density at radius 3 is 2.85 bits per heavy atom. The van der Waals surface area contributed by atoms with Gasteiger partial charge < -0.3 is 5.32 Å². The summed E-state index contributed by atoms with van der Waals surface area (Å²) in [6, 6.07) is 6.26. The minimum Gasteiger partial charge on any atom is -0.338 e. The van der Waals surface area contributed by atoms with Crippen molar-refractivity contribution in [2.45, 2.75) is 27.3 Å². The molecule has 0 fully saturated rings. The molecular formula is C14H16N6. The fourth-order valence-corrected chi connectivity index (χ4v) is 2.09. The molecule has 3 aromatic rings. The van der Waals surface area contributed by atoms with Crippen molar-refractivity contribution in [2.24, 2.45) is 0 Å². The fraction of sp³-hybridized carbons (Fsp3) is 0.286. The minimum absolute atomic E-state index is 0.684. The van der Waals surface area contributed by atoms with E-state index in [1.54, 1.807) is 4.68 Å². The molecule has 0 aliphatic heterocycles. The van der Waals surface area contributed by atoms with Gasteiger partial charge in [-0.1, -0.05) is 17.3 Å². The van der Waals surface area contributed by atoms with Crippen LogP contribution in [0.2, 0.25) is 0 Å². The third kappa shape index (κ3) is 2.09. The summed E-state index contributed by atoms with van der Waals surface area (Å²) in [6.45, 7) is 6.86. The average Bonchev–Trinajstić information content (AvgIpc) is 2.87. The van der Waals surface area contributed by atoms with Crippen molar-refractivity contribution in [1.82, 2.24) is 25.0 Å². The Balaban J connectivity index is 2.06. The van der Waals surface area contributed by atoms with Crippen molar-refractivity contribution in [3.05, 3.63) is 35.7 Å². The number of rotatable bonds is 3. The van der Waals surface area contributed by atoms with Gasteiger partial charge in [-0.2, -0.15) is 0 Å². The Kier molecular flexibility index (Phi) is 3.06. The predicted octanol–water partition coefficient (Wildman–Crippen LogP) is 2.60. The molecule has 6 heteroatoms. The van der Waals surface area contributed by atoms with E-state index in [2.05, 4.69) is 57.6 Å². The highest BCUT2D eigenvalue weighted by Gasteiger charge is 2.11. The second kappa shape index (κ2) is 4.88. The number of benzene rings is 1. The minimum atomic E-state index is 0.684. The average molecular weight is 268 g/mol. The second-order valence-electron chi connectivity index (χ2n) is 4.74. The molecule has 3 rings (SSSR count). The fourth-order valence-electron chi connectivity index (χ4n) is 2.09. The Hall–Kier alpha value is -2.50. The third-order valence-corrected chi connectivity index (χ3v) is 3.25. The van der Waals surface area contributed by atoms with E-state index in [-0.39, 0.29) is 0 Å². The zero-order chi connectivity index (χ0) is 14.1. The number of aromatic nitrogens is 5. The molecule has 0 aliphatic rings. The normalized spacial score (nSPS) is 10.9. The summed E-state index contributed by atoms with van der Waals surface area (Å²) >= 11 is 0. The maximum atomic E-state index is 4.28. The molecule has 0 bridgehead atoms. The first-order valence-electron chi connectivity index (χ1n) is 6.57. The predicted molar refractivity (Wildman–Crippen MR) is 78.0 cm³/mol. The first-order valence-corrected chi connectivity index (χ1v) is 6.57. The van der Waals surface area contributed by atoms with Crippen LogP contribution in [0.15, 0.2) is 24.5 Å². The van der Waals surface area contributed by atoms with Gasteiger partial charge in [-0.15, -0.1) is 5.10 Å². The number of anilines is 2. The van der Waals surface area contributed by atoms with Crippen LogP contribution >= 0.6 is 0 Å². The van der Waals surface area contributed by atoms with Gasteiger partial charge >= 0.3 is 0 Å². The maximum absolute atomic E-state index is 4.28. The highest BCUT2D eigenvalue weighted by Crippen LogP contribution is 2.24. The molecule has 0 saturated carbocycles. The van der Waals surface area contributed by atoms with Crippen molar-refractivity contribution < 1.29 is 0 Å². The zero-order valence-electron chi connectivity index (χ0n) is 11.8. The number of nitrogens with one attached hydrogen (secondary N) is 1. The molecule has 20 heavy (non-hydrogen) atoms. The first kappa shape index (κ1) is 12.5. The van der Waals surface area contributed by atoms with E-state index in [9.17, 15) is 0 Å². The summed E-state index contributed by atoms with van der Waals surface area (Å²) in [7, 11) is 0. The van der Waals surface area contributed by atoms with Crippen molar-refractivity contribution >= 4 is 22.7 Å². The smallest absolute Gasteiger partial charge is 0.183 e. The lowest BCUT2D eigenvalue weighted by Gasteiger charge is -2.09. The monoisotopic (exact) mass is 268 g/mol. The van der Waals surface area contributed by atoms with E-state index in [1.807, 2.05) is 6.92 Å². The van der Waals surface area contributed by atoms with Crippen molar-refractivity contribution in [2.75, 3.05) is 5.32 Å². The van der Waals surface area contributed by atoms with Gasteiger partial charge in [0.2, 0.25) is 0 Å². The third-order valence-electron chi connectivity index (χ3n) is 3.25. The molecule has 6 nitrogen and oxygen atoms in total. The highest BCUT2D eigenvalue weighted by molar-refractivity contribution is 5.84. The Morgan fingerprint density at radius 1 is 1.20 bits per heavy atom. The molecule has 1 aromatic carbocycles. The van der Waals surface area contributed by atoms with Gasteiger partial charge in [-0.25, -0.2) is 14.6 Å². The largest absolute Gasteiger partial charge is 0.338 e. The molecule has 0 spiro atoms. The summed E-state index contributed by atoms with van der Waals surface area (Å²) in [4.78, 5) is 8.52. The molecule has 0 amide bonds. The van der Waals surface area contributed by atoms with Crippen LogP contribution in [0.3, 0.4) is 0 Å². The molecule has 1 N–H and O–H groups in total. The van der Waals surface area contributed by atoms with E-state index in [4.69, 9.17) is 0 Å². The van der Waals surface area contributed by atoms with Gasteiger partial charge in [0.25, 0.3) is 0 Å².